The molecule has 1 saturated carbocycles. The van der Waals surface area contributed by atoms with Crippen molar-refractivity contribution in [3.05, 3.63) is 29.6 Å². The third-order valence-electron chi connectivity index (χ3n) is 3.86. The average molecular weight is 265 g/mol. The summed E-state index contributed by atoms with van der Waals surface area (Å²) in [4.78, 5) is 0. The van der Waals surface area contributed by atoms with E-state index in [4.69, 9.17) is 10.5 Å². The van der Waals surface area contributed by atoms with Crippen LogP contribution in [0.5, 0.6) is 5.75 Å². The molecule has 0 aliphatic heterocycles. The van der Waals surface area contributed by atoms with Gasteiger partial charge in [0, 0.05) is 0 Å². The maximum absolute atomic E-state index is 14.0. The Morgan fingerprint density at radius 2 is 1.89 bits per heavy atom. The first-order valence-electron chi connectivity index (χ1n) is 7.23. The number of nitrogens with two attached hydrogens (primary N) is 1. The molecule has 1 aromatic carbocycles. The van der Waals surface area contributed by atoms with Crippen LogP contribution >= 0.6 is 0 Å². The number of hydrogen-bond donors (Lipinski definition) is 1. The van der Waals surface area contributed by atoms with Crippen molar-refractivity contribution in [1.82, 2.24) is 0 Å². The van der Waals surface area contributed by atoms with E-state index in [9.17, 15) is 4.39 Å². The monoisotopic (exact) mass is 265 g/mol. The predicted octanol–water partition coefficient (Wildman–Crippen LogP) is 3.53. The second kappa shape index (κ2) is 6.38. The molecule has 2 N–H and O–H groups in total. The molecule has 0 bridgehead atoms. The molecule has 1 fully saturated rings. The fourth-order valence-electron chi connectivity index (χ4n) is 3.11. The maximum Gasteiger partial charge on any atom is 0.165 e. The van der Waals surface area contributed by atoms with Crippen molar-refractivity contribution in [2.75, 3.05) is 6.54 Å². The molecule has 0 aromatic heterocycles. The summed E-state index contributed by atoms with van der Waals surface area (Å²) in [5, 5.41) is 0. The lowest BCUT2D eigenvalue weighted by Gasteiger charge is -2.31. The van der Waals surface area contributed by atoms with E-state index in [1.54, 1.807) is 6.07 Å². The van der Waals surface area contributed by atoms with Gasteiger partial charge in [0.1, 0.15) is 0 Å². The Morgan fingerprint density at radius 3 is 2.47 bits per heavy atom. The number of hydrogen-bond acceptors (Lipinski definition) is 2. The predicted molar refractivity (Wildman–Crippen MR) is 75.8 cm³/mol. The third-order valence-corrected chi connectivity index (χ3v) is 3.86. The van der Waals surface area contributed by atoms with Crippen LogP contribution in [0.3, 0.4) is 0 Å². The fourth-order valence-corrected chi connectivity index (χ4v) is 3.11. The molecule has 2 nitrogen and oxygen atoms in total. The van der Waals surface area contributed by atoms with E-state index in [0.29, 0.717) is 30.6 Å². The van der Waals surface area contributed by atoms with Crippen LogP contribution < -0.4 is 10.5 Å². The molecule has 2 rings (SSSR count). The Morgan fingerprint density at radius 1 is 1.21 bits per heavy atom. The minimum absolute atomic E-state index is 0.147. The number of benzene rings is 1. The topological polar surface area (TPSA) is 35.2 Å². The van der Waals surface area contributed by atoms with Crippen molar-refractivity contribution >= 4 is 0 Å². The Kier molecular flexibility index (Phi) is 4.81. The van der Waals surface area contributed by atoms with Crippen LogP contribution in [0.15, 0.2) is 18.2 Å². The molecule has 0 amide bonds. The first kappa shape index (κ1) is 14.3. The van der Waals surface area contributed by atoms with Gasteiger partial charge in [-0.3, -0.25) is 0 Å². The van der Waals surface area contributed by atoms with Gasteiger partial charge in [-0.2, -0.15) is 0 Å². The van der Waals surface area contributed by atoms with Crippen LogP contribution in [0, 0.1) is 17.7 Å². The van der Waals surface area contributed by atoms with E-state index >= 15 is 0 Å². The summed E-state index contributed by atoms with van der Waals surface area (Å²) in [5.41, 5.74) is 6.40. The van der Waals surface area contributed by atoms with Gasteiger partial charge in [-0.25, -0.2) is 4.39 Å². The standard InChI is InChI=1S/C16H24FNO/c1-11-7-12(2)9-14(8-11)19-16-4-3-13(5-6-18)10-15(16)17/h3-4,10-12,14H,5-9,18H2,1-2H3. The van der Waals surface area contributed by atoms with Gasteiger partial charge in [-0.15, -0.1) is 0 Å². The molecular weight excluding hydrogens is 241 g/mol. The fraction of sp³-hybridized carbons (Fsp3) is 0.625. The van der Waals surface area contributed by atoms with Crippen LogP contribution in [0.2, 0.25) is 0 Å². The van der Waals surface area contributed by atoms with Crippen molar-refractivity contribution < 1.29 is 9.13 Å². The van der Waals surface area contributed by atoms with E-state index in [0.717, 1.165) is 18.4 Å². The van der Waals surface area contributed by atoms with Crippen molar-refractivity contribution in [2.45, 2.75) is 45.6 Å². The van der Waals surface area contributed by atoms with Crippen molar-refractivity contribution in [3.8, 4) is 5.75 Å². The second-order valence-electron chi connectivity index (χ2n) is 5.96. The zero-order valence-corrected chi connectivity index (χ0v) is 11.9. The quantitative estimate of drug-likeness (QED) is 0.904. The van der Waals surface area contributed by atoms with Crippen molar-refractivity contribution in [3.63, 3.8) is 0 Å². The van der Waals surface area contributed by atoms with Gasteiger partial charge in [-0.05, 0) is 61.8 Å². The van der Waals surface area contributed by atoms with E-state index in [1.165, 1.54) is 12.5 Å². The Balaban J connectivity index is 2.02. The summed E-state index contributed by atoms with van der Waals surface area (Å²) >= 11 is 0. The molecule has 0 heterocycles. The van der Waals surface area contributed by atoms with Crippen LogP contribution in [-0.2, 0) is 6.42 Å². The molecule has 3 heteroatoms. The highest BCUT2D eigenvalue weighted by Gasteiger charge is 2.25. The highest BCUT2D eigenvalue weighted by Crippen LogP contribution is 2.32. The summed E-state index contributed by atoms with van der Waals surface area (Å²) in [6.07, 6.45) is 4.14. The summed E-state index contributed by atoms with van der Waals surface area (Å²) in [6, 6.07) is 5.18. The molecule has 0 spiro atoms. The van der Waals surface area contributed by atoms with Gasteiger partial charge in [-0.1, -0.05) is 19.9 Å². The summed E-state index contributed by atoms with van der Waals surface area (Å²) in [5.74, 6) is 1.44. The lowest BCUT2D eigenvalue weighted by molar-refractivity contribution is 0.0970. The molecular formula is C16H24FNO. The Bertz CT molecular complexity index is 411. The maximum atomic E-state index is 14.0. The molecule has 1 aliphatic carbocycles. The second-order valence-corrected chi connectivity index (χ2v) is 5.96. The smallest absolute Gasteiger partial charge is 0.165 e. The van der Waals surface area contributed by atoms with Gasteiger partial charge < -0.3 is 10.5 Å². The van der Waals surface area contributed by atoms with Crippen LogP contribution in [0.25, 0.3) is 0 Å². The molecule has 0 radical (unpaired) electrons. The van der Waals surface area contributed by atoms with Gasteiger partial charge >= 0.3 is 0 Å². The summed E-state index contributed by atoms with van der Waals surface area (Å²) < 4.78 is 19.8. The van der Waals surface area contributed by atoms with Gasteiger partial charge in [0.2, 0.25) is 0 Å². The summed E-state index contributed by atoms with van der Waals surface area (Å²) in [6.45, 7) is 5.02. The number of halogens is 1. The molecule has 106 valence electrons. The van der Waals surface area contributed by atoms with Gasteiger partial charge in [0.25, 0.3) is 0 Å². The normalized spacial score (nSPS) is 27.3. The average Bonchev–Trinajstić information content (AvgIpc) is 2.32. The van der Waals surface area contributed by atoms with Gasteiger partial charge in [0.05, 0.1) is 6.10 Å². The SMILES string of the molecule is CC1CC(C)CC(Oc2ccc(CCN)cc2F)C1. The third kappa shape index (κ3) is 3.93. The Hall–Kier alpha value is -1.09. The number of ether oxygens (including phenoxy) is 1. The van der Waals surface area contributed by atoms with Crippen LogP contribution in [-0.4, -0.2) is 12.6 Å². The van der Waals surface area contributed by atoms with E-state index in [1.807, 2.05) is 6.07 Å². The zero-order valence-electron chi connectivity index (χ0n) is 11.9. The molecule has 1 aliphatic rings. The Labute approximate surface area is 115 Å². The lowest BCUT2D eigenvalue weighted by Crippen LogP contribution is -2.28. The van der Waals surface area contributed by atoms with Crippen LogP contribution in [0.4, 0.5) is 4.39 Å². The lowest BCUT2D eigenvalue weighted by atomic mass is 9.82. The van der Waals surface area contributed by atoms with Crippen molar-refractivity contribution in [1.29, 1.82) is 0 Å². The first-order chi connectivity index (χ1) is 9.08. The van der Waals surface area contributed by atoms with Crippen LogP contribution in [0.1, 0.15) is 38.7 Å². The van der Waals surface area contributed by atoms with E-state index < -0.39 is 0 Å². The molecule has 19 heavy (non-hydrogen) atoms. The number of rotatable bonds is 4. The first-order valence-corrected chi connectivity index (χ1v) is 7.23. The molecule has 1 aromatic rings. The van der Waals surface area contributed by atoms with E-state index in [-0.39, 0.29) is 11.9 Å². The molecule has 0 saturated heterocycles. The molecule has 2 atom stereocenters. The molecule has 2 unspecified atom stereocenters. The summed E-state index contributed by atoms with van der Waals surface area (Å²) in [7, 11) is 0. The van der Waals surface area contributed by atoms with Gasteiger partial charge in [0.15, 0.2) is 11.6 Å². The highest BCUT2D eigenvalue weighted by molar-refractivity contribution is 5.29. The largest absolute Gasteiger partial charge is 0.487 e. The minimum Gasteiger partial charge on any atom is -0.487 e. The highest BCUT2D eigenvalue weighted by atomic mass is 19.1. The van der Waals surface area contributed by atoms with Crippen molar-refractivity contribution in [2.24, 2.45) is 17.6 Å². The zero-order chi connectivity index (χ0) is 13.8. The minimum atomic E-state index is -0.267. The van der Waals surface area contributed by atoms with E-state index in [2.05, 4.69) is 13.8 Å².